The van der Waals surface area contributed by atoms with Gasteiger partial charge < -0.3 is 10.4 Å². The van der Waals surface area contributed by atoms with E-state index in [0.717, 1.165) is 10.0 Å². The quantitative estimate of drug-likeness (QED) is 0.911. The fraction of sp³-hybridized carbons (Fsp3) is 0.0769. The second-order valence-electron chi connectivity index (χ2n) is 3.71. The number of carboxylic acids is 1. The average Bonchev–Trinajstić information content (AvgIpc) is 2.38. The van der Waals surface area contributed by atoms with Crippen molar-refractivity contribution in [2.45, 2.75) is 6.54 Å². The molecule has 0 fully saturated rings. The average molecular weight is 307 g/mol. The first-order chi connectivity index (χ1) is 8.65. The number of pyridine rings is 1. The van der Waals surface area contributed by atoms with Crippen molar-refractivity contribution >= 4 is 27.7 Å². The third-order valence-electron chi connectivity index (χ3n) is 2.39. The molecule has 1 heterocycles. The topological polar surface area (TPSA) is 62.2 Å². The van der Waals surface area contributed by atoms with Gasteiger partial charge in [0.05, 0.1) is 5.56 Å². The summed E-state index contributed by atoms with van der Waals surface area (Å²) in [5.41, 5.74) is 1.32. The fourth-order valence-electron chi connectivity index (χ4n) is 1.46. The van der Waals surface area contributed by atoms with Gasteiger partial charge in [-0.3, -0.25) is 0 Å². The lowest BCUT2D eigenvalue weighted by Crippen LogP contribution is -2.03. The molecule has 0 unspecified atom stereocenters. The number of carboxylic acid groups (broad SMARTS) is 1. The molecule has 0 amide bonds. The highest BCUT2D eigenvalue weighted by atomic mass is 79.9. The van der Waals surface area contributed by atoms with Crippen LogP contribution in [0.25, 0.3) is 0 Å². The summed E-state index contributed by atoms with van der Waals surface area (Å²) in [4.78, 5) is 14.9. The van der Waals surface area contributed by atoms with Crippen LogP contribution in [0.15, 0.2) is 47.1 Å². The predicted molar refractivity (Wildman–Crippen MR) is 72.7 cm³/mol. The number of aromatic carboxylic acids is 1. The Hall–Kier alpha value is -1.88. The maximum atomic E-state index is 10.8. The predicted octanol–water partition coefficient (Wildman–Crippen LogP) is 3.15. The summed E-state index contributed by atoms with van der Waals surface area (Å²) >= 11 is 3.37. The third kappa shape index (κ3) is 3.30. The highest BCUT2D eigenvalue weighted by Crippen LogP contribution is 2.12. The van der Waals surface area contributed by atoms with Crippen molar-refractivity contribution in [2.75, 3.05) is 5.32 Å². The van der Waals surface area contributed by atoms with Gasteiger partial charge in [-0.25, -0.2) is 9.78 Å². The molecule has 0 spiro atoms. The van der Waals surface area contributed by atoms with Crippen LogP contribution in [0, 0.1) is 0 Å². The van der Waals surface area contributed by atoms with Crippen LogP contribution in [-0.2, 0) is 6.54 Å². The number of anilines is 1. The van der Waals surface area contributed by atoms with E-state index in [2.05, 4.69) is 26.2 Å². The number of carbonyl (C=O) groups is 1. The summed E-state index contributed by atoms with van der Waals surface area (Å²) in [6, 6.07) is 10.9. The number of hydrogen-bond donors (Lipinski definition) is 2. The molecular formula is C13H11BrN2O2. The minimum Gasteiger partial charge on any atom is -0.478 e. The van der Waals surface area contributed by atoms with Gasteiger partial charge in [0, 0.05) is 17.2 Å². The smallest absolute Gasteiger partial charge is 0.335 e. The van der Waals surface area contributed by atoms with Gasteiger partial charge in [-0.15, -0.1) is 0 Å². The summed E-state index contributed by atoms with van der Waals surface area (Å²) in [6.07, 6.45) is 1.48. The second kappa shape index (κ2) is 5.64. The van der Waals surface area contributed by atoms with Crippen molar-refractivity contribution in [1.82, 2.24) is 4.98 Å². The van der Waals surface area contributed by atoms with Crippen molar-refractivity contribution in [2.24, 2.45) is 0 Å². The molecule has 0 saturated carbocycles. The molecule has 5 heteroatoms. The van der Waals surface area contributed by atoms with Crippen molar-refractivity contribution in [3.8, 4) is 0 Å². The molecule has 0 aliphatic rings. The summed E-state index contributed by atoms with van der Waals surface area (Å²) in [6.45, 7) is 0.601. The first-order valence-electron chi connectivity index (χ1n) is 5.33. The molecule has 0 bridgehead atoms. The van der Waals surface area contributed by atoms with Gasteiger partial charge in [0.25, 0.3) is 0 Å². The third-order valence-corrected chi connectivity index (χ3v) is 2.92. The molecule has 2 N–H and O–H groups in total. The number of aromatic nitrogens is 1. The lowest BCUT2D eigenvalue weighted by molar-refractivity contribution is 0.0697. The number of halogens is 1. The molecular weight excluding hydrogens is 296 g/mol. The van der Waals surface area contributed by atoms with Crippen LogP contribution >= 0.6 is 15.9 Å². The van der Waals surface area contributed by atoms with Crippen LogP contribution in [0.5, 0.6) is 0 Å². The monoisotopic (exact) mass is 306 g/mol. The van der Waals surface area contributed by atoms with Crippen LogP contribution in [0.1, 0.15) is 15.9 Å². The highest BCUT2D eigenvalue weighted by molar-refractivity contribution is 9.10. The Kier molecular flexibility index (Phi) is 3.94. The minimum absolute atomic E-state index is 0.225. The van der Waals surface area contributed by atoms with E-state index < -0.39 is 5.97 Å². The van der Waals surface area contributed by atoms with Gasteiger partial charge in [0.2, 0.25) is 0 Å². The zero-order valence-corrected chi connectivity index (χ0v) is 11.0. The lowest BCUT2D eigenvalue weighted by atomic mass is 10.2. The fourth-order valence-corrected chi connectivity index (χ4v) is 1.72. The Labute approximate surface area is 113 Å². The Balaban J connectivity index is 2.04. The van der Waals surface area contributed by atoms with Gasteiger partial charge in [-0.2, -0.15) is 0 Å². The molecule has 1 aromatic heterocycles. The number of hydrogen-bond acceptors (Lipinski definition) is 3. The van der Waals surface area contributed by atoms with Crippen molar-refractivity contribution in [1.29, 1.82) is 0 Å². The summed E-state index contributed by atoms with van der Waals surface area (Å²) in [5.74, 6) is -0.401. The van der Waals surface area contributed by atoms with E-state index in [1.165, 1.54) is 18.3 Å². The van der Waals surface area contributed by atoms with Crippen LogP contribution in [0.3, 0.4) is 0 Å². The molecule has 4 nitrogen and oxygen atoms in total. The van der Waals surface area contributed by atoms with E-state index in [4.69, 9.17) is 5.11 Å². The summed E-state index contributed by atoms with van der Waals surface area (Å²) < 4.78 is 1.03. The molecule has 0 atom stereocenters. The molecule has 92 valence electrons. The molecule has 0 aliphatic carbocycles. The maximum Gasteiger partial charge on any atom is 0.335 e. The molecule has 2 rings (SSSR count). The summed E-state index contributed by atoms with van der Waals surface area (Å²) in [7, 11) is 0. The maximum absolute atomic E-state index is 10.8. The van der Waals surface area contributed by atoms with E-state index >= 15 is 0 Å². The second-order valence-corrected chi connectivity index (χ2v) is 4.63. The largest absolute Gasteiger partial charge is 0.478 e. The van der Waals surface area contributed by atoms with Gasteiger partial charge in [-0.05, 0) is 29.8 Å². The zero-order valence-electron chi connectivity index (χ0n) is 9.43. The van der Waals surface area contributed by atoms with Gasteiger partial charge in [0.15, 0.2) is 0 Å². The number of benzene rings is 1. The van der Waals surface area contributed by atoms with E-state index in [1.54, 1.807) is 0 Å². The van der Waals surface area contributed by atoms with E-state index in [1.807, 2.05) is 24.3 Å². The first-order valence-corrected chi connectivity index (χ1v) is 6.12. The normalized spacial score (nSPS) is 10.1. The molecule has 0 aliphatic heterocycles. The lowest BCUT2D eigenvalue weighted by Gasteiger charge is -2.06. The van der Waals surface area contributed by atoms with E-state index in [9.17, 15) is 4.79 Å². The van der Waals surface area contributed by atoms with E-state index in [-0.39, 0.29) is 5.56 Å². The Morgan fingerprint density at radius 2 is 2.00 bits per heavy atom. The van der Waals surface area contributed by atoms with Gasteiger partial charge in [-0.1, -0.05) is 28.1 Å². The standard InChI is InChI=1S/C13H11BrN2O2/c14-11-3-1-9(2-4-11)8-16-12-7-10(13(17)18)5-6-15-12/h1-7H,8H2,(H,15,16)(H,17,18). The van der Waals surface area contributed by atoms with Crippen LogP contribution in [-0.4, -0.2) is 16.1 Å². The summed E-state index contributed by atoms with van der Waals surface area (Å²) in [5, 5.41) is 12.0. The van der Waals surface area contributed by atoms with Gasteiger partial charge in [0.1, 0.15) is 5.82 Å². The molecule has 2 aromatic rings. The van der Waals surface area contributed by atoms with Crippen LogP contribution < -0.4 is 5.32 Å². The van der Waals surface area contributed by atoms with Crippen LogP contribution in [0.4, 0.5) is 5.82 Å². The van der Waals surface area contributed by atoms with Crippen molar-refractivity contribution in [3.63, 3.8) is 0 Å². The Morgan fingerprint density at radius 1 is 1.28 bits per heavy atom. The van der Waals surface area contributed by atoms with E-state index in [0.29, 0.717) is 12.4 Å². The molecule has 0 saturated heterocycles. The number of nitrogens with one attached hydrogen (secondary N) is 1. The number of nitrogens with zero attached hydrogens (tertiary/aromatic N) is 1. The molecule has 1 aromatic carbocycles. The first kappa shape index (κ1) is 12.6. The highest BCUT2D eigenvalue weighted by Gasteiger charge is 2.03. The Morgan fingerprint density at radius 3 is 2.67 bits per heavy atom. The SMILES string of the molecule is O=C(O)c1ccnc(NCc2ccc(Br)cc2)c1. The van der Waals surface area contributed by atoms with Crippen LogP contribution in [0.2, 0.25) is 0 Å². The van der Waals surface area contributed by atoms with Gasteiger partial charge >= 0.3 is 5.97 Å². The van der Waals surface area contributed by atoms with Crippen molar-refractivity contribution in [3.05, 3.63) is 58.2 Å². The molecule has 0 radical (unpaired) electrons. The van der Waals surface area contributed by atoms with Crippen molar-refractivity contribution < 1.29 is 9.90 Å². The molecule has 18 heavy (non-hydrogen) atoms. The minimum atomic E-state index is -0.955. The number of rotatable bonds is 4. The zero-order chi connectivity index (χ0) is 13.0. The Bertz CT molecular complexity index is 555.